The molecule has 0 spiro atoms. The number of aromatic nitrogens is 4. The Morgan fingerprint density at radius 1 is 1.11 bits per heavy atom. The van der Waals surface area contributed by atoms with Gasteiger partial charge in [-0.1, -0.05) is 12.1 Å². The predicted molar refractivity (Wildman–Crippen MR) is 141 cm³/mol. The van der Waals surface area contributed by atoms with Crippen molar-refractivity contribution in [3.8, 4) is 17.6 Å². The molecule has 0 amide bonds. The molecule has 0 saturated carbocycles. The van der Waals surface area contributed by atoms with Crippen LogP contribution in [-0.2, 0) is 6.42 Å². The van der Waals surface area contributed by atoms with Crippen molar-refractivity contribution in [1.82, 2.24) is 19.7 Å². The molecule has 0 radical (unpaired) electrons. The highest BCUT2D eigenvalue weighted by Gasteiger charge is 2.34. The van der Waals surface area contributed by atoms with E-state index in [1.54, 1.807) is 6.33 Å². The van der Waals surface area contributed by atoms with Gasteiger partial charge in [0.25, 0.3) is 0 Å². The minimum absolute atomic E-state index is 0.0876. The maximum atomic E-state index is 10.4. The minimum atomic E-state index is -0.714. The topological polar surface area (TPSA) is 100 Å². The average molecular weight is 495 g/mol. The number of benzene rings is 2. The smallest absolute Gasteiger partial charge is 0.159 e. The SMILES string of the molecule is CC(C)(O)C1CCN(c2cc(-n3ncc4ccc(O[C@@H]5CCCc6c(C#N)cccc65)cc43)ncn2)C1. The van der Waals surface area contributed by atoms with E-state index in [4.69, 9.17) is 4.74 Å². The molecule has 2 aromatic carbocycles. The summed E-state index contributed by atoms with van der Waals surface area (Å²) in [5.74, 6) is 2.48. The molecule has 0 bridgehead atoms. The van der Waals surface area contributed by atoms with E-state index in [2.05, 4.69) is 32.1 Å². The van der Waals surface area contributed by atoms with Crippen LogP contribution in [0.2, 0.25) is 0 Å². The van der Waals surface area contributed by atoms with E-state index < -0.39 is 5.60 Å². The predicted octanol–water partition coefficient (Wildman–Crippen LogP) is 4.74. The fourth-order valence-electron chi connectivity index (χ4n) is 5.62. The normalized spacial score (nSPS) is 19.6. The highest BCUT2D eigenvalue weighted by molar-refractivity contribution is 5.81. The first kappa shape index (κ1) is 23.4. The number of rotatable bonds is 5. The van der Waals surface area contributed by atoms with E-state index in [9.17, 15) is 10.4 Å². The van der Waals surface area contributed by atoms with Crippen LogP contribution in [0, 0.1) is 17.2 Å². The van der Waals surface area contributed by atoms with Gasteiger partial charge in [-0.2, -0.15) is 10.4 Å². The van der Waals surface area contributed by atoms with Gasteiger partial charge >= 0.3 is 0 Å². The van der Waals surface area contributed by atoms with Gasteiger partial charge in [0.05, 0.1) is 28.9 Å². The summed E-state index contributed by atoms with van der Waals surface area (Å²) in [5, 5.41) is 25.5. The van der Waals surface area contributed by atoms with E-state index in [1.165, 1.54) is 0 Å². The molecule has 188 valence electrons. The lowest BCUT2D eigenvalue weighted by Gasteiger charge is -2.27. The summed E-state index contributed by atoms with van der Waals surface area (Å²) in [5.41, 5.74) is 3.14. The number of aliphatic hydroxyl groups is 1. The third-order valence-electron chi connectivity index (χ3n) is 7.76. The average Bonchev–Trinajstić information content (AvgIpc) is 3.56. The Hall–Kier alpha value is -3.96. The van der Waals surface area contributed by atoms with Crippen LogP contribution in [0.25, 0.3) is 16.7 Å². The van der Waals surface area contributed by atoms with Gasteiger partial charge in [0.15, 0.2) is 5.82 Å². The Morgan fingerprint density at radius 2 is 1.97 bits per heavy atom. The molecule has 4 aromatic rings. The summed E-state index contributed by atoms with van der Waals surface area (Å²) in [6, 6.07) is 16.2. The third kappa shape index (κ3) is 4.40. The maximum absolute atomic E-state index is 10.4. The zero-order valence-corrected chi connectivity index (χ0v) is 21.1. The van der Waals surface area contributed by atoms with Crippen molar-refractivity contribution in [3.05, 3.63) is 71.7 Å². The van der Waals surface area contributed by atoms with Crippen LogP contribution in [0.15, 0.2) is 55.0 Å². The largest absolute Gasteiger partial charge is 0.486 e. The van der Waals surface area contributed by atoms with Crippen molar-refractivity contribution in [2.24, 2.45) is 5.92 Å². The van der Waals surface area contributed by atoms with Crippen LogP contribution in [0.3, 0.4) is 0 Å². The van der Waals surface area contributed by atoms with Crippen LogP contribution in [0.5, 0.6) is 5.75 Å². The van der Waals surface area contributed by atoms with Crippen molar-refractivity contribution >= 4 is 16.7 Å². The highest BCUT2D eigenvalue weighted by atomic mass is 16.5. The molecule has 8 heteroatoms. The third-order valence-corrected chi connectivity index (χ3v) is 7.76. The van der Waals surface area contributed by atoms with E-state index in [-0.39, 0.29) is 12.0 Å². The number of hydrogen-bond acceptors (Lipinski definition) is 7. The summed E-state index contributed by atoms with van der Waals surface area (Å²) < 4.78 is 8.30. The lowest BCUT2D eigenvalue weighted by molar-refractivity contribution is 0.0263. The van der Waals surface area contributed by atoms with Crippen molar-refractivity contribution < 1.29 is 9.84 Å². The number of nitrogens with zero attached hydrogens (tertiary/aromatic N) is 6. The molecule has 1 saturated heterocycles. The second-order valence-corrected chi connectivity index (χ2v) is 10.6. The molecule has 1 fully saturated rings. The summed E-state index contributed by atoms with van der Waals surface area (Å²) in [6.45, 7) is 5.35. The molecule has 1 N–H and O–H groups in total. The highest BCUT2D eigenvalue weighted by Crippen LogP contribution is 2.36. The Morgan fingerprint density at radius 3 is 2.78 bits per heavy atom. The van der Waals surface area contributed by atoms with Crippen LogP contribution >= 0.6 is 0 Å². The molecule has 1 unspecified atom stereocenters. The maximum Gasteiger partial charge on any atom is 0.159 e. The van der Waals surface area contributed by atoms with Crippen LogP contribution in [0.4, 0.5) is 5.82 Å². The molecular weight excluding hydrogens is 464 g/mol. The molecule has 37 heavy (non-hydrogen) atoms. The van der Waals surface area contributed by atoms with Gasteiger partial charge in [-0.15, -0.1) is 0 Å². The Labute approximate surface area is 216 Å². The van der Waals surface area contributed by atoms with Gasteiger partial charge in [0.1, 0.15) is 24.0 Å². The quantitative estimate of drug-likeness (QED) is 0.428. The Bertz CT molecular complexity index is 1500. The number of anilines is 1. The van der Waals surface area contributed by atoms with Gasteiger partial charge in [-0.05, 0) is 68.9 Å². The van der Waals surface area contributed by atoms with Gasteiger partial charge in [-0.3, -0.25) is 0 Å². The molecule has 6 rings (SSSR count). The second-order valence-electron chi connectivity index (χ2n) is 10.6. The molecule has 1 aliphatic carbocycles. The lowest BCUT2D eigenvalue weighted by Crippen LogP contribution is -2.33. The monoisotopic (exact) mass is 494 g/mol. The molecule has 8 nitrogen and oxygen atoms in total. The number of nitriles is 1. The molecule has 2 aliphatic rings. The van der Waals surface area contributed by atoms with Crippen LogP contribution in [-0.4, -0.2) is 43.5 Å². The first-order chi connectivity index (χ1) is 17.9. The summed E-state index contributed by atoms with van der Waals surface area (Å²) in [7, 11) is 0. The standard InChI is InChI=1S/C29H30N6O2/c1-29(2,36)21-11-12-34(17-21)27-14-28(32-18-31-27)35-25-13-22(10-9-20(25)16-33-35)37-26-8-4-6-23-19(15-30)5-3-7-24(23)26/h3,5,7,9-10,13-14,16,18,21,26,36H,4,6,8,11-12,17H2,1-2H3/t21?,26-/m1/s1. The molecule has 1 aliphatic heterocycles. The van der Waals surface area contributed by atoms with Crippen molar-refractivity contribution in [3.63, 3.8) is 0 Å². The second kappa shape index (κ2) is 9.16. The Kier molecular flexibility index (Phi) is 5.81. The van der Waals surface area contributed by atoms with Gasteiger partial charge in [0, 0.05) is 36.5 Å². The summed E-state index contributed by atoms with van der Waals surface area (Å²) >= 11 is 0. The van der Waals surface area contributed by atoms with Crippen molar-refractivity contribution in [2.45, 2.75) is 51.2 Å². The number of ether oxygens (including phenoxy) is 1. The minimum Gasteiger partial charge on any atom is -0.486 e. The van der Waals surface area contributed by atoms with Crippen LogP contribution in [0.1, 0.15) is 55.9 Å². The number of fused-ring (bicyclic) bond motifs is 2. The first-order valence-electron chi connectivity index (χ1n) is 12.9. The fourth-order valence-corrected chi connectivity index (χ4v) is 5.62. The van der Waals surface area contributed by atoms with Crippen molar-refractivity contribution in [2.75, 3.05) is 18.0 Å². The molecule has 2 aromatic heterocycles. The first-order valence-corrected chi connectivity index (χ1v) is 12.9. The molecule has 3 heterocycles. The number of hydrogen-bond donors (Lipinski definition) is 1. The Balaban J connectivity index is 1.28. The van der Waals surface area contributed by atoms with E-state index in [0.717, 1.165) is 77.9 Å². The van der Waals surface area contributed by atoms with E-state index in [1.807, 2.05) is 61.1 Å². The van der Waals surface area contributed by atoms with Crippen molar-refractivity contribution in [1.29, 1.82) is 5.26 Å². The summed E-state index contributed by atoms with van der Waals surface area (Å²) in [6.07, 6.45) is 7.05. The fraction of sp³-hybridized carbons (Fsp3) is 0.379. The van der Waals surface area contributed by atoms with Gasteiger partial charge in [-0.25, -0.2) is 14.6 Å². The zero-order chi connectivity index (χ0) is 25.6. The summed E-state index contributed by atoms with van der Waals surface area (Å²) in [4.78, 5) is 11.2. The van der Waals surface area contributed by atoms with E-state index in [0.29, 0.717) is 5.82 Å². The van der Waals surface area contributed by atoms with E-state index >= 15 is 0 Å². The molecular formula is C29H30N6O2. The lowest BCUT2D eigenvalue weighted by atomic mass is 9.86. The van der Waals surface area contributed by atoms with Gasteiger partial charge < -0.3 is 14.7 Å². The van der Waals surface area contributed by atoms with Gasteiger partial charge in [0.2, 0.25) is 0 Å². The molecule has 2 atom stereocenters. The zero-order valence-electron chi connectivity index (χ0n) is 21.1. The van der Waals surface area contributed by atoms with Crippen LogP contribution < -0.4 is 9.64 Å².